The third-order valence-electron chi connectivity index (χ3n) is 4.13. The van der Waals surface area contributed by atoms with Crippen molar-refractivity contribution in [2.45, 2.75) is 45.1 Å². The Bertz CT molecular complexity index is 360. The van der Waals surface area contributed by atoms with E-state index in [0.29, 0.717) is 5.92 Å². The fourth-order valence-corrected chi connectivity index (χ4v) is 2.75. The van der Waals surface area contributed by atoms with Gasteiger partial charge in [-0.15, -0.1) is 0 Å². The van der Waals surface area contributed by atoms with E-state index in [1.165, 1.54) is 12.8 Å². The topological polar surface area (TPSA) is 56.7 Å². The van der Waals surface area contributed by atoms with Gasteiger partial charge in [0.15, 0.2) is 0 Å². The van der Waals surface area contributed by atoms with Gasteiger partial charge < -0.3 is 5.73 Å². The molecule has 3 unspecified atom stereocenters. The van der Waals surface area contributed by atoms with Gasteiger partial charge in [-0.3, -0.25) is 4.68 Å². The van der Waals surface area contributed by atoms with Crippen molar-refractivity contribution < 1.29 is 0 Å². The Morgan fingerprint density at radius 3 is 2.88 bits per heavy atom. The fourth-order valence-electron chi connectivity index (χ4n) is 2.75. The van der Waals surface area contributed by atoms with Crippen molar-refractivity contribution in [3.8, 4) is 0 Å². The molecule has 1 aromatic heterocycles. The van der Waals surface area contributed by atoms with Crippen molar-refractivity contribution in [1.29, 1.82) is 0 Å². The Morgan fingerprint density at radius 1 is 1.56 bits per heavy atom. The molecule has 0 aromatic carbocycles. The third kappa shape index (κ3) is 2.12. The molecule has 0 spiro atoms. The minimum Gasteiger partial charge on any atom is -0.324 e. The lowest BCUT2D eigenvalue weighted by Gasteiger charge is -2.41. The number of hydrogen-bond donors (Lipinski definition) is 1. The van der Waals surface area contributed by atoms with Gasteiger partial charge in [0, 0.05) is 19.0 Å². The fraction of sp³-hybridized carbons (Fsp3) is 0.833. The molecule has 0 bridgehead atoms. The highest BCUT2D eigenvalue weighted by Gasteiger charge is 2.37. The molecule has 2 N–H and O–H groups in total. The number of aryl methyl sites for hydroxylation is 1. The first-order valence-corrected chi connectivity index (χ1v) is 6.13. The molecule has 1 fully saturated rings. The van der Waals surface area contributed by atoms with E-state index >= 15 is 0 Å². The molecule has 4 nitrogen and oxygen atoms in total. The first-order chi connectivity index (χ1) is 7.51. The van der Waals surface area contributed by atoms with Gasteiger partial charge in [-0.25, -0.2) is 4.98 Å². The summed E-state index contributed by atoms with van der Waals surface area (Å²) in [5, 5.41) is 4.10. The Balaban J connectivity index is 2.11. The third-order valence-corrected chi connectivity index (χ3v) is 4.13. The maximum atomic E-state index is 6.54. The molecular weight excluding hydrogens is 200 g/mol. The summed E-state index contributed by atoms with van der Waals surface area (Å²) in [7, 11) is 1.93. The summed E-state index contributed by atoms with van der Waals surface area (Å²) in [6, 6.07) is 0. The molecule has 0 amide bonds. The van der Waals surface area contributed by atoms with Crippen LogP contribution in [0.4, 0.5) is 0 Å². The van der Waals surface area contributed by atoms with Crippen LogP contribution in [0.1, 0.15) is 38.9 Å². The first kappa shape index (κ1) is 11.6. The van der Waals surface area contributed by atoms with Crippen molar-refractivity contribution in [1.82, 2.24) is 14.8 Å². The van der Waals surface area contributed by atoms with Crippen molar-refractivity contribution in [3.63, 3.8) is 0 Å². The molecule has 1 aliphatic carbocycles. The summed E-state index contributed by atoms with van der Waals surface area (Å²) in [4.78, 5) is 4.28. The van der Waals surface area contributed by atoms with E-state index in [9.17, 15) is 0 Å². The molecule has 3 atom stereocenters. The Labute approximate surface area is 97.2 Å². The summed E-state index contributed by atoms with van der Waals surface area (Å²) in [6.45, 7) is 4.59. The molecule has 1 aromatic rings. The number of nitrogens with two attached hydrogens (primary N) is 1. The van der Waals surface area contributed by atoms with Crippen molar-refractivity contribution in [2.75, 3.05) is 0 Å². The minimum absolute atomic E-state index is 0.0900. The lowest BCUT2D eigenvalue weighted by molar-refractivity contribution is 0.160. The summed E-state index contributed by atoms with van der Waals surface area (Å²) in [5.74, 6) is 2.38. The zero-order valence-electron chi connectivity index (χ0n) is 10.5. The molecular formula is C12H22N4. The number of aromatic nitrogens is 3. The smallest absolute Gasteiger partial charge is 0.138 e. The van der Waals surface area contributed by atoms with Crippen LogP contribution in [0, 0.1) is 11.8 Å². The van der Waals surface area contributed by atoms with Crippen LogP contribution in [-0.2, 0) is 13.5 Å². The van der Waals surface area contributed by atoms with Crippen LogP contribution in [0.2, 0.25) is 0 Å². The molecule has 1 saturated carbocycles. The maximum Gasteiger partial charge on any atom is 0.138 e. The van der Waals surface area contributed by atoms with E-state index < -0.39 is 0 Å². The standard InChI is InChI=1S/C12H22N4/c1-9-4-5-12(13,10(2)6-9)7-11-14-8-15-16(11)3/h8-10H,4-7,13H2,1-3H3. The highest BCUT2D eigenvalue weighted by molar-refractivity contribution is 5.02. The average Bonchev–Trinajstić information content (AvgIpc) is 2.60. The van der Waals surface area contributed by atoms with Crippen LogP contribution in [0.5, 0.6) is 0 Å². The van der Waals surface area contributed by atoms with Crippen LogP contribution in [-0.4, -0.2) is 20.3 Å². The van der Waals surface area contributed by atoms with Gasteiger partial charge in [0.1, 0.15) is 12.2 Å². The number of nitrogens with zero attached hydrogens (tertiary/aromatic N) is 3. The van der Waals surface area contributed by atoms with Crippen molar-refractivity contribution >= 4 is 0 Å². The zero-order valence-corrected chi connectivity index (χ0v) is 10.5. The Kier molecular flexibility index (Phi) is 3.02. The normalized spacial score (nSPS) is 35.2. The molecule has 0 saturated heterocycles. The molecule has 16 heavy (non-hydrogen) atoms. The highest BCUT2D eigenvalue weighted by Crippen LogP contribution is 2.36. The van der Waals surface area contributed by atoms with Gasteiger partial charge >= 0.3 is 0 Å². The Hall–Kier alpha value is -0.900. The molecule has 1 aliphatic rings. The van der Waals surface area contributed by atoms with E-state index in [-0.39, 0.29) is 5.54 Å². The predicted octanol–water partition coefficient (Wildman–Crippen LogP) is 1.51. The monoisotopic (exact) mass is 222 g/mol. The van der Waals surface area contributed by atoms with E-state index in [1.807, 2.05) is 11.7 Å². The lowest BCUT2D eigenvalue weighted by Crippen LogP contribution is -2.51. The molecule has 0 aliphatic heterocycles. The minimum atomic E-state index is -0.0900. The quantitative estimate of drug-likeness (QED) is 0.825. The SMILES string of the molecule is CC1CCC(N)(Cc2ncnn2C)C(C)C1. The Morgan fingerprint density at radius 2 is 2.31 bits per heavy atom. The lowest BCUT2D eigenvalue weighted by atomic mass is 9.69. The molecule has 1 heterocycles. The molecule has 4 heteroatoms. The van der Waals surface area contributed by atoms with Crippen LogP contribution in [0.15, 0.2) is 6.33 Å². The van der Waals surface area contributed by atoms with E-state index in [4.69, 9.17) is 5.73 Å². The van der Waals surface area contributed by atoms with Crippen LogP contribution >= 0.6 is 0 Å². The summed E-state index contributed by atoms with van der Waals surface area (Å²) >= 11 is 0. The second-order valence-corrected chi connectivity index (χ2v) is 5.49. The second kappa shape index (κ2) is 4.17. The van der Waals surface area contributed by atoms with E-state index in [0.717, 1.165) is 24.6 Å². The van der Waals surface area contributed by atoms with Crippen LogP contribution in [0.25, 0.3) is 0 Å². The zero-order chi connectivity index (χ0) is 11.8. The number of rotatable bonds is 2. The summed E-state index contributed by atoms with van der Waals surface area (Å²) in [6.07, 6.45) is 6.02. The molecule has 0 radical (unpaired) electrons. The largest absolute Gasteiger partial charge is 0.324 e. The van der Waals surface area contributed by atoms with Gasteiger partial charge in [0.25, 0.3) is 0 Å². The maximum absolute atomic E-state index is 6.54. The van der Waals surface area contributed by atoms with E-state index in [1.54, 1.807) is 6.33 Å². The van der Waals surface area contributed by atoms with E-state index in [2.05, 4.69) is 23.9 Å². The first-order valence-electron chi connectivity index (χ1n) is 6.13. The summed E-state index contributed by atoms with van der Waals surface area (Å²) in [5.41, 5.74) is 6.45. The molecule has 2 rings (SSSR count). The van der Waals surface area contributed by atoms with Gasteiger partial charge in [-0.1, -0.05) is 13.8 Å². The van der Waals surface area contributed by atoms with Gasteiger partial charge in [0.05, 0.1) is 0 Å². The summed E-state index contributed by atoms with van der Waals surface area (Å²) < 4.78 is 1.83. The highest BCUT2D eigenvalue weighted by atomic mass is 15.3. The molecule has 90 valence electrons. The van der Waals surface area contributed by atoms with Crippen molar-refractivity contribution in [3.05, 3.63) is 12.2 Å². The van der Waals surface area contributed by atoms with Gasteiger partial charge in [0.2, 0.25) is 0 Å². The predicted molar refractivity (Wildman–Crippen MR) is 63.8 cm³/mol. The van der Waals surface area contributed by atoms with Crippen LogP contribution < -0.4 is 5.73 Å². The van der Waals surface area contributed by atoms with Crippen LogP contribution in [0.3, 0.4) is 0 Å². The number of hydrogen-bond acceptors (Lipinski definition) is 3. The van der Waals surface area contributed by atoms with Gasteiger partial charge in [-0.05, 0) is 31.1 Å². The average molecular weight is 222 g/mol. The van der Waals surface area contributed by atoms with Gasteiger partial charge in [-0.2, -0.15) is 5.10 Å². The second-order valence-electron chi connectivity index (χ2n) is 5.49. The van der Waals surface area contributed by atoms with Crippen molar-refractivity contribution in [2.24, 2.45) is 24.6 Å².